The van der Waals surface area contributed by atoms with Gasteiger partial charge in [0.2, 0.25) is 10.0 Å². The Kier molecular flexibility index (Phi) is 3.71. The van der Waals surface area contributed by atoms with Gasteiger partial charge in [0, 0.05) is 40.0 Å². The fourth-order valence-corrected chi connectivity index (χ4v) is 5.48. The van der Waals surface area contributed by atoms with Gasteiger partial charge >= 0.3 is 0 Å². The number of rotatable bonds is 5. The van der Waals surface area contributed by atoms with Crippen LogP contribution in [0.1, 0.15) is 18.2 Å². The molecule has 1 aliphatic rings. The van der Waals surface area contributed by atoms with Crippen molar-refractivity contribution in [2.75, 3.05) is 6.54 Å². The minimum absolute atomic E-state index is 0.105. The van der Waals surface area contributed by atoms with Crippen molar-refractivity contribution in [1.82, 2.24) is 9.71 Å². The van der Waals surface area contributed by atoms with E-state index in [9.17, 15) is 8.42 Å². The first-order valence-electron chi connectivity index (χ1n) is 7.87. The Morgan fingerprint density at radius 3 is 2.88 bits per heavy atom. The van der Waals surface area contributed by atoms with Crippen LogP contribution in [0.5, 0.6) is 0 Å². The summed E-state index contributed by atoms with van der Waals surface area (Å²) in [5.41, 5.74) is 0.105. The summed E-state index contributed by atoms with van der Waals surface area (Å²) in [4.78, 5) is 5.65. The van der Waals surface area contributed by atoms with Gasteiger partial charge in [-0.05, 0) is 23.8 Å². The number of fused-ring (bicyclic) bond motifs is 1. The molecule has 24 heavy (non-hydrogen) atoms. The second kappa shape index (κ2) is 5.65. The normalized spacial score (nSPS) is 23.5. The van der Waals surface area contributed by atoms with Crippen LogP contribution < -0.4 is 4.72 Å². The van der Waals surface area contributed by atoms with E-state index in [0.29, 0.717) is 17.8 Å². The van der Waals surface area contributed by atoms with Gasteiger partial charge in [0.1, 0.15) is 4.90 Å². The molecule has 1 aliphatic carbocycles. The molecular weight excluding hydrogens is 340 g/mol. The van der Waals surface area contributed by atoms with Gasteiger partial charge in [-0.25, -0.2) is 13.1 Å². The number of hydrogen-bond donors (Lipinski definition) is 1. The van der Waals surface area contributed by atoms with Crippen molar-refractivity contribution in [1.29, 1.82) is 0 Å². The van der Waals surface area contributed by atoms with Crippen LogP contribution in [0.25, 0.3) is 10.8 Å². The predicted molar refractivity (Wildman–Crippen MR) is 96.7 cm³/mol. The highest BCUT2D eigenvalue weighted by Crippen LogP contribution is 2.55. The van der Waals surface area contributed by atoms with Crippen molar-refractivity contribution in [3.8, 4) is 0 Å². The zero-order chi connectivity index (χ0) is 16.8. The van der Waals surface area contributed by atoms with Crippen LogP contribution in [0, 0.1) is 5.92 Å². The van der Waals surface area contributed by atoms with Crippen LogP contribution >= 0.6 is 11.3 Å². The monoisotopic (exact) mass is 358 g/mol. The molecule has 0 bridgehead atoms. The van der Waals surface area contributed by atoms with Gasteiger partial charge in [-0.1, -0.05) is 37.3 Å². The maximum absolute atomic E-state index is 12.7. The highest BCUT2D eigenvalue weighted by atomic mass is 32.2. The number of nitrogens with one attached hydrogen (secondary N) is 1. The summed E-state index contributed by atoms with van der Waals surface area (Å²) in [6.45, 7) is 2.66. The van der Waals surface area contributed by atoms with Gasteiger partial charge in [-0.3, -0.25) is 4.98 Å². The number of benzene rings is 1. The molecule has 0 aliphatic heterocycles. The summed E-state index contributed by atoms with van der Waals surface area (Å²) in [5, 5.41) is 3.61. The molecule has 2 aromatic heterocycles. The number of hydrogen-bond acceptors (Lipinski definition) is 4. The van der Waals surface area contributed by atoms with E-state index in [0.717, 1.165) is 11.8 Å². The van der Waals surface area contributed by atoms with Crippen LogP contribution in [0.15, 0.2) is 59.1 Å². The summed E-state index contributed by atoms with van der Waals surface area (Å²) >= 11 is 1.74. The molecule has 1 fully saturated rings. The highest BCUT2D eigenvalue weighted by Gasteiger charge is 2.51. The van der Waals surface area contributed by atoms with Crippen LogP contribution in [0.3, 0.4) is 0 Å². The lowest BCUT2D eigenvalue weighted by atomic mass is 10.1. The minimum atomic E-state index is -3.57. The molecule has 2 unspecified atom stereocenters. The summed E-state index contributed by atoms with van der Waals surface area (Å²) < 4.78 is 28.2. The van der Waals surface area contributed by atoms with Gasteiger partial charge in [0.05, 0.1) is 0 Å². The van der Waals surface area contributed by atoms with Gasteiger partial charge < -0.3 is 0 Å². The molecule has 0 spiro atoms. The first-order chi connectivity index (χ1) is 11.5. The van der Waals surface area contributed by atoms with Crippen LogP contribution in [-0.2, 0) is 15.4 Å². The Labute approximate surface area is 145 Å². The van der Waals surface area contributed by atoms with Crippen LogP contribution in [0.2, 0.25) is 0 Å². The minimum Gasteiger partial charge on any atom is -0.263 e. The third-order valence-electron chi connectivity index (χ3n) is 4.94. The van der Waals surface area contributed by atoms with E-state index in [1.165, 1.54) is 11.1 Å². The molecule has 0 saturated heterocycles. The summed E-state index contributed by atoms with van der Waals surface area (Å²) in [5.74, 6) is 0.342. The standard InChI is InChI=1S/C18H18N2O2S2/c1-18(17-7-4-8-23-17)9-14(18)11-20-24(21,22)16-12-19-10-13-5-2-3-6-15(13)16/h2-8,10,12,14,20H,9,11H2,1H3. The topological polar surface area (TPSA) is 59.1 Å². The second-order valence-electron chi connectivity index (χ2n) is 6.51. The van der Waals surface area contributed by atoms with Gasteiger partial charge in [0.15, 0.2) is 0 Å². The average Bonchev–Trinajstić information content (AvgIpc) is 3.00. The van der Waals surface area contributed by atoms with E-state index in [-0.39, 0.29) is 10.3 Å². The lowest BCUT2D eigenvalue weighted by Crippen LogP contribution is -2.27. The molecule has 3 aromatic rings. The summed E-state index contributed by atoms with van der Waals surface area (Å²) in [6.07, 6.45) is 4.13. The molecule has 1 N–H and O–H groups in total. The molecule has 124 valence electrons. The summed E-state index contributed by atoms with van der Waals surface area (Å²) in [6, 6.07) is 11.6. The quantitative estimate of drug-likeness (QED) is 0.759. The molecule has 2 heterocycles. The fraction of sp³-hybridized carbons (Fsp3) is 0.278. The molecule has 6 heteroatoms. The largest absolute Gasteiger partial charge is 0.263 e. The maximum atomic E-state index is 12.7. The van der Waals surface area contributed by atoms with Gasteiger partial charge in [-0.2, -0.15) is 0 Å². The van der Waals surface area contributed by atoms with Crippen molar-refractivity contribution < 1.29 is 8.42 Å². The first-order valence-corrected chi connectivity index (χ1v) is 10.2. The van der Waals surface area contributed by atoms with E-state index >= 15 is 0 Å². The Hall–Kier alpha value is -1.76. The van der Waals surface area contributed by atoms with Crippen molar-refractivity contribution in [3.05, 3.63) is 59.0 Å². The smallest absolute Gasteiger partial charge is 0.242 e. The molecule has 1 saturated carbocycles. The third-order valence-corrected chi connectivity index (χ3v) is 7.54. The zero-order valence-electron chi connectivity index (χ0n) is 13.3. The van der Waals surface area contributed by atoms with Crippen molar-refractivity contribution >= 4 is 32.1 Å². The first kappa shape index (κ1) is 15.7. The molecule has 2 atom stereocenters. The Balaban J connectivity index is 1.54. The van der Waals surface area contributed by atoms with Gasteiger partial charge in [0.25, 0.3) is 0 Å². The number of thiophene rings is 1. The van der Waals surface area contributed by atoms with E-state index in [2.05, 4.69) is 28.1 Å². The van der Waals surface area contributed by atoms with Crippen LogP contribution in [0.4, 0.5) is 0 Å². The zero-order valence-corrected chi connectivity index (χ0v) is 14.9. The SMILES string of the molecule is CC1(c2cccs2)CC1CNS(=O)(=O)c1cncc2ccccc12. The van der Waals surface area contributed by atoms with E-state index in [4.69, 9.17) is 0 Å². The fourth-order valence-electron chi connectivity index (χ4n) is 3.25. The van der Waals surface area contributed by atoms with E-state index in [1.807, 2.05) is 30.3 Å². The Morgan fingerprint density at radius 2 is 2.08 bits per heavy atom. The number of nitrogens with zero attached hydrogens (tertiary/aromatic N) is 1. The second-order valence-corrected chi connectivity index (χ2v) is 9.19. The molecule has 0 amide bonds. The highest BCUT2D eigenvalue weighted by molar-refractivity contribution is 7.89. The van der Waals surface area contributed by atoms with Crippen LogP contribution in [-0.4, -0.2) is 19.9 Å². The van der Waals surface area contributed by atoms with E-state index < -0.39 is 10.0 Å². The lowest BCUT2D eigenvalue weighted by molar-refractivity contribution is 0.570. The number of aromatic nitrogens is 1. The lowest BCUT2D eigenvalue weighted by Gasteiger charge is -2.11. The molecule has 4 rings (SSSR count). The maximum Gasteiger partial charge on any atom is 0.242 e. The van der Waals surface area contributed by atoms with Gasteiger partial charge in [-0.15, -0.1) is 11.3 Å². The van der Waals surface area contributed by atoms with Crippen molar-refractivity contribution in [2.45, 2.75) is 23.7 Å². The molecule has 4 nitrogen and oxygen atoms in total. The number of pyridine rings is 1. The molecule has 0 radical (unpaired) electrons. The summed E-state index contributed by atoms with van der Waals surface area (Å²) in [7, 11) is -3.57. The van der Waals surface area contributed by atoms with Crippen molar-refractivity contribution in [3.63, 3.8) is 0 Å². The Morgan fingerprint density at radius 1 is 1.25 bits per heavy atom. The molecule has 1 aromatic carbocycles. The third kappa shape index (κ3) is 2.64. The number of sulfonamides is 1. The predicted octanol–water partition coefficient (Wildman–Crippen LogP) is 3.55. The average molecular weight is 358 g/mol. The Bertz CT molecular complexity index is 978. The van der Waals surface area contributed by atoms with Crippen molar-refractivity contribution in [2.24, 2.45) is 5.92 Å². The van der Waals surface area contributed by atoms with E-state index in [1.54, 1.807) is 17.5 Å². The molecular formula is C18H18N2O2S2.